The van der Waals surface area contributed by atoms with E-state index in [4.69, 9.17) is 16.7 Å². The second-order valence-corrected chi connectivity index (χ2v) is 4.50. The average Bonchev–Trinajstić information content (AvgIpc) is 2.41. The van der Waals surface area contributed by atoms with Crippen LogP contribution in [0, 0.1) is 0 Å². The maximum atomic E-state index is 12.0. The molecule has 0 amide bonds. The quantitative estimate of drug-likeness (QED) is 0.938. The van der Waals surface area contributed by atoms with Gasteiger partial charge in [0, 0.05) is 23.7 Å². The summed E-state index contributed by atoms with van der Waals surface area (Å²) in [6, 6.07) is 6.92. The number of carbonyl (C=O) groups is 1. The van der Waals surface area contributed by atoms with E-state index in [-0.39, 0.29) is 5.56 Å². The standard InChI is InChI=1S/C14H12ClNO3/c1-9(6-15)7-16-8-11(14(18)19)13(17)10-4-2-3-5-12(10)16/h2-6,8H,7H2,1H3,(H,18,19)/b9-6-. The van der Waals surface area contributed by atoms with Gasteiger partial charge in [0.25, 0.3) is 0 Å². The highest BCUT2D eigenvalue weighted by Crippen LogP contribution is 2.14. The molecule has 5 heteroatoms. The normalized spacial score (nSPS) is 11.8. The smallest absolute Gasteiger partial charge is 0.341 e. The second-order valence-electron chi connectivity index (χ2n) is 4.28. The van der Waals surface area contributed by atoms with Crippen molar-refractivity contribution in [2.75, 3.05) is 0 Å². The van der Waals surface area contributed by atoms with Gasteiger partial charge in [0.15, 0.2) is 0 Å². The number of carboxylic acids is 1. The van der Waals surface area contributed by atoms with E-state index in [1.807, 2.05) is 6.92 Å². The fraction of sp³-hybridized carbons (Fsp3) is 0.143. The number of hydrogen-bond acceptors (Lipinski definition) is 2. The summed E-state index contributed by atoms with van der Waals surface area (Å²) in [4.78, 5) is 23.2. The largest absolute Gasteiger partial charge is 0.477 e. The number of benzene rings is 1. The molecule has 0 spiro atoms. The van der Waals surface area contributed by atoms with Crippen molar-refractivity contribution in [3.05, 3.63) is 57.4 Å². The molecule has 1 heterocycles. The van der Waals surface area contributed by atoms with Crippen LogP contribution in [0.2, 0.25) is 0 Å². The molecule has 0 unspecified atom stereocenters. The fourth-order valence-corrected chi connectivity index (χ4v) is 2.00. The number of allylic oxidation sites excluding steroid dienone is 1. The molecule has 0 aliphatic heterocycles. The van der Waals surface area contributed by atoms with Gasteiger partial charge in [-0.15, -0.1) is 0 Å². The summed E-state index contributed by atoms with van der Waals surface area (Å²) < 4.78 is 1.72. The van der Waals surface area contributed by atoms with E-state index in [1.54, 1.807) is 28.8 Å². The number of aromatic carboxylic acids is 1. The Bertz CT molecular complexity index is 731. The number of aromatic nitrogens is 1. The minimum atomic E-state index is -1.22. The Morgan fingerprint density at radius 3 is 2.74 bits per heavy atom. The Labute approximate surface area is 114 Å². The molecular formula is C14H12ClNO3. The first-order valence-electron chi connectivity index (χ1n) is 5.66. The maximum Gasteiger partial charge on any atom is 0.341 e. The van der Waals surface area contributed by atoms with Crippen LogP contribution in [0.3, 0.4) is 0 Å². The molecule has 0 radical (unpaired) electrons. The van der Waals surface area contributed by atoms with E-state index >= 15 is 0 Å². The lowest BCUT2D eigenvalue weighted by Gasteiger charge is -2.12. The van der Waals surface area contributed by atoms with Gasteiger partial charge in [0.05, 0.1) is 5.52 Å². The average molecular weight is 278 g/mol. The molecule has 0 aliphatic rings. The SMILES string of the molecule is C/C(=C/Cl)Cn1cc(C(=O)O)c(=O)c2ccccc21. The molecule has 0 atom stereocenters. The Hall–Kier alpha value is -2.07. The van der Waals surface area contributed by atoms with Crippen LogP contribution in [0.15, 0.2) is 46.4 Å². The van der Waals surface area contributed by atoms with Crippen molar-refractivity contribution in [3.63, 3.8) is 0 Å². The van der Waals surface area contributed by atoms with Crippen molar-refractivity contribution in [2.45, 2.75) is 13.5 Å². The van der Waals surface area contributed by atoms with Crippen molar-refractivity contribution >= 4 is 28.5 Å². The Kier molecular flexibility index (Phi) is 3.71. The van der Waals surface area contributed by atoms with E-state index in [1.165, 1.54) is 11.7 Å². The minimum Gasteiger partial charge on any atom is -0.477 e. The maximum absolute atomic E-state index is 12.0. The Morgan fingerprint density at radius 2 is 2.11 bits per heavy atom. The second kappa shape index (κ2) is 5.28. The third-order valence-electron chi connectivity index (χ3n) is 2.82. The van der Waals surface area contributed by atoms with Crippen LogP contribution in [0.1, 0.15) is 17.3 Å². The van der Waals surface area contributed by atoms with Gasteiger partial charge < -0.3 is 9.67 Å². The summed E-state index contributed by atoms with van der Waals surface area (Å²) in [5.41, 5.74) is 2.29. The molecule has 0 saturated carbocycles. The van der Waals surface area contributed by atoms with Crippen LogP contribution >= 0.6 is 11.6 Å². The van der Waals surface area contributed by atoms with E-state index in [2.05, 4.69) is 0 Å². The summed E-state index contributed by atoms with van der Waals surface area (Å²) in [5, 5.41) is 9.48. The number of pyridine rings is 1. The van der Waals surface area contributed by atoms with Gasteiger partial charge >= 0.3 is 5.97 Å². The summed E-state index contributed by atoms with van der Waals surface area (Å²) in [7, 11) is 0. The molecule has 1 N–H and O–H groups in total. The zero-order chi connectivity index (χ0) is 14.0. The summed E-state index contributed by atoms with van der Waals surface area (Å²) in [6.45, 7) is 2.27. The molecule has 19 heavy (non-hydrogen) atoms. The monoisotopic (exact) mass is 277 g/mol. The third kappa shape index (κ3) is 2.53. The van der Waals surface area contributed by atoms with Crippen LogP contribution in [-0.2, 0) is 6.54 Å². The van der Waals surface area contributed by atoms with Crippen molar-refractivity contribution in [1.82, 2.24) is 4.57 Å². The molecule has 0 aliphatic carbocycles. The van der Waals surface area contributed by atoms with Crippen molar-refractivity contribution in [1.29, 1.82) is 0 Å². The van der Waals surface area contributed by atoms with Crippen molar-refractivity contribution in [2.24, 2.45) is 0 Å². The van der Waals surface area contributed by atoms with Crippen LogP contribution in [0.5, 0.6) is 0 Å². The van der Waals surface area contributed by atoms with Crippen molar-refractivity contribution in [3.8, 4) is 0 Å². The number of rotatable bonds is 3. The Balaban J connectivity index is 2.78. The topological polar surface area (TPSA) is 59.3 Å². The number of halogens is 1. The molecule has 1 aromatic heterocycles. The number of fused-ring (bicyclic) bond motifs is 1. The van der Waals surface area contributed by atoms with Gasteiger partial charge in [0.1, 0.15) is 5.56 Å². The minimum absolute atomic E-state index is 0.235. The van der Waals surface area contributed by atoms with E-state index < -0.39 is 11.4 Å². The molecule has 0 bridgehead atoms. The zero-order valence-electron chi connectivity index (χ0n) is 10.3. The molecule has 0 fully saturated rings. The zero-order valence-corrected chi connectivity index (χ0v) is 11.0. The van der Waals surface area contributed by atoms with Crippen LogP contribution in [-0.4, -0.2) is 15.6 Å². The van der Waals surface area contributed by atoms with E-state index in [9.17, 15) is 9.59 Å². The highest BCUT2D eigenvalue weighted by Gasteiger charge is 2.13. The third-order valence-corrected chi connectivity index (χ3v) is 3.20. The van der Waals surface area contributed by atoms with Gasteiger partial charge in [0.2, 0.25) is 5.43 Å². The summed E-state index contributed by atoms with van der Waals surface area (Å²) in [6.07, 6.45) is 1.36. The molecule has 1 aromatic carbocycles. The predicted octanol–water partition coefficient (Wildman–Crippen LogP) is 2.84. The van der Waals surface area contributed by atoms with Gasteiger partial charge in [-0.3, -0.25) is 4.79 Å². The summed E-state index contributed by atoms with van der Waals surface area (Å²) in [5.74, 6) is -1.22. The molecule has 98 valence electrons. The van der Waals surface area contributed by atoms with Gasteiger partial charge in [-0.05, 0) is 24.6 Å². The fourth-order valence-electron chi connectivity index (χ4n) is 1.93. The highest BCUT2D eigenvalue weighted by atomic mass is 35.5. The number of hydrogen-bond donors (Lipinski definition) is 1. The molecule has 2 rings (SSSR count). The van der Waals surface area contributed by atoms with E-state index in [0.29, 0.717) is 17.4 Å². The van der Waals surface area contributed by atoms with Crippen LogP contribution in [0.4, 0.5) is 0 Å². The first-order chi connectivity index (χ1) is 9.04. The lowest BCUT2D eigenvalue weighted by Crippen LogP contribution is -2.19. The highest BCUT2D eigenvalue weighted by molar-refractivity contribution is 6.25. The molecular weight excluding hydrogens is 266 g/mol. The number of carboxylic acid groups (broad SMARTS) is 1. The van der Waals surface area contributed by atoms with Gasteiger partial charge in [-0.25, -0.2) is 4.79 Å². The lowest BCUT2D eigenvalue weighted by atomic mass is 10.1. The van der Waals surface area contributed by atoms with Gasteiger partial charge in [-0.2, -0.15) is 0 Å². The van der Waals surface area contributed by atoms with Crippen LogP contribution in [0.25, 0.3) is 10.9 Å². The first-order valence-corrected chi connectivity index (χ1v) is 6.09. The number of nitrogens with zero attached hydrogens (tertiary/aromatic N) is 1. The molecule has 0 saturated heterocycles. The first kappa shape index (κ1) is 13.4. The van der Waals surface area contributed by atoms with E-state index in [0.717, 1.165) is 5.57 Å². The predicted molar refractivity (Wildman–Crippen MR) is 74.8 cm³/mol. The summed E-state index contributed by atoms with van der Waals surface area (Å²) >= 11 is 5.63. The van der Waals surface area contributed by atoms with Gasteiger partial charge in [-0.1, -0.05) is 23.7 Å². The molecule has 4 nitrogen and oxygen atoms in total. The lowest BCUT2D eigenvalue weighted by molar-refractivity contribution is 0.0695. The van der Waals surface area contributed by atoms with Crippen molar-refractivity contribution < 1.29 is 9.90 Å². The number of para-hydroxylation sites is 1. The Morgan fingerprint density at radius 1 is 1.42 bits per heavy atom. The molecule has 2 aromatic rings. The van der Waals surface area contributed by atoms with Crippen LogP contribution < -0.4 is 5.43 Å².